The van der Waals surface area contributed by atoms with Crippen molar-refractivity contribution in [2.75, 3.05) is 61.6 Å². The van der Waals surface area contributed by atoms with Gasteiger partial charge in [0.2, 0.25) is 17.6 Å². The third kappa shape index (κ3) is 5.99. The SMILES string of the molecule is O=C(Nc1ccc(Cl)cn1)c1oc2ccc(N3CCOCC3)nc2c1NC(=O)[C@H]1CC[C@H](N2CCOCC2=O)CC1. The van der Waals surface area contributed by atoms with Gasteiger partial charge in [-0.15, -0.1) is 0 Å². The highest BCUT2D eigenvalue weighted by atomic mass is 35.5. The van der Waals surface area contributed by atoms with E-state index in [4.69, 9.17) is 30.5 Å². The number of morpholine rings is 2. The molecule has 0 atom stereocenters. The van der Waals surface area contributed by atoms with Crippen LogP contribution in [0.5, 0.6) is 0 Å². The summed E-state index contributed by atoms with van der Waals surface area (Å²) in [7, 11) is 0. The van der Waals surface area contributed by atoms with Gasteiger partial charge in [0.1, 0.15) is 29.4 Å². The number of rotatable bonds is 6. The first-order valence-electron chi connectivity index (χ1n) is 13.8. The zero-order valence-corrected chi connectivity index (χ0v) is 23.2. The van der Waals surface area contributed by atoms with E-state index in [2.05, 4.69) is 20.5 Å². The van der Waals surface area contributed by atoms with Gasteiger partial charge in [0.15, 0.2) is 5.58 Å². The maximum atomic E-state index is 13.5. The van der Waals surface area contributed by atoms with Gasteiger partial charge in [0, 0.05) is 37.8 Å². The van der Waals surface area contributed by atoms with E-state index in [0.29, 0.717) is 74.2 Å². The van der Waals surface area contributed by atoms with Crippen LogP contribution in [0.3, 0.4) is 0 Å². The molecule has 0 bridgehead atoms. The lowest BCUT2D eigenvalue weighted by molar-refractivity contribution is -0.146. The van der Waals surface area contributed by atoms with E-state index < -0.39 is 5.91 Å². The third-order valence-corrected chi connectivity index (χ3v) is 8.03. The summed E-state index contributed by atoms with van der Waals surface area (Å²) in [6, 6.07) is 6.89. The first-order chi connectivity index (χ1) is 20.0. The van der Waals surface area contributed by atoms with Crippen LogP contribution in [0, 0.1) is 5.92 Å². The standard InChI is InChI=1S/C28H31ClN6O6/c29-18-3-7-21(30-15-18)31-28(38)26-25(24-20(41-26)6-8-22(32-24)34-9-12-39-13-10-34)33-27(37)17-1-4-19(5-2-17)35-11-14-40-16-23(35)36/h3,6-8,15,17,19H,1-2,4-5,9-14,16H2,(H,33,37)(H,30,31,38)/t17-,19-. The smallest absolute Gasteiger partial charge is 0.294 e. The molecule has 2 saturated heterocycles. The highest BCUT2D eigenvalue weighted by Gasteiger charge is 2.34. The third-order valence-electron chi connectivity index (χ3n) is 7.81. The molecule has 0 aromatic carbocycles. The Morgan fingerprint density at radius 3 is 2.46 bits per heavy atom. The van der Waals surface area contributed by atoms with Crippen LogP contribution in [0.2, 0.25) is 5.02 Å². The number of carbonyl (C=O) groups is 3. The van der Waals surface area contributed by atoms with Crippen LogP contribution in [-0.4, -0.2) is 84.7 Å². The van der Waals surface area contributed by atoms with Gasteiger partial charge in [-0.05, 0) is 49.9 Å². The molecule has 216 valence electrons. The maximum absolute atomic E-state index is 13.5. The van der Waals surface area contributed by atoms with E-state index in [0.717, 1.165) is 12.8 Å². The highest BCUT2D eigenvalue weighted by Crippen LogP contribution is 2.35. The second-order valence-electron chi connectivity index (χ2n) is 10.4. The number of aromatic nitrogens is 2. The molecule has 12 nitrogen and oxygen atoms in total. The van der Waals surface area contributed by atoms with Crippen molar-refractivity contribution < 1.29 is 28.3 Å². The predicted octanol–water partition coefficient (Wildman–Crippen LogP) is 3.32. The van der Waals surface area contributed by atoms with E-state index in [1.54, 1.807) is 18.2 Å². The minimum Gasteiger partial charge on any atom is -0.447 e. The van der Waals surface area contributed by atoms with Gasteiger partial charge in [0.25, 0.3) is 5.91 Å². The molecule has 3 fully saturated rings. The number of fused-ring (bicyclic) bond motifs is 1. The summed E-state index contributed by atoms with van der Waals surface area (Å²) in [4.78, 5) is 52.1. The highest BCUT2D eigenvalue weighted by molar-refractivity contribution is 6.30. The number of hydrogen-bond donors (Lipinski definition) is 2. The van der Waals surface area contributed by atoms with Crippen LogP contribution in [0.15, 0.2) is 34.9 Å². The molecular formula is C28H31ClN6O6. The average Bonchev–Trinajstić information content (AvgIpc) is 3.36. The van der Waals surface area contributed by atoms with E-state index >= 15 is 0 Å². The van der Waals surface area contributed by atoms with Gasteiger partial charge < -0.3 is 34.3 Å². The molecule has 2 aliphatic heterocycles. The summed E-state index contributed by atoms with van der Waals surface area (Å²) in [5.74, 6) is -0.128. The molecule has 0 radical (unpaired) electrons. The van der Waals surface area contributed by atoms with Crippen LogP contribution in [0.25, 0.3) is 11.1 Å². The van der Waals surface area contributed by atoms with Gasteiger partial charge >= 0.3 is 0 Å². The van der Waals surface area contributed by atoms with Gasteiger partial charge in [-0.25, -0.2) is 9.97 Å². The summed E-state index contributed by atoms with van der Waals surface area (Å²) in [6.07, 6.45) is 4.13. The largest absolute Gasteiger partial charge is 0.447 e. The number of furan rings is 1. The lowest BCUT2D eigenvalue weighted by atomic mass is 9.84. The first-order valence-corrected chi connectivity index (χ1v) is 14.2. The Labute approximate surface area is 241 Å². The molecule has 1 saturated carbocycles. The minimum absolute atomic E-state index is 0.00185. The number of carbonyl (C=O) groups excluding carboxylic acids is 3. The van der Waals surface area contributed by atoms with Gasteiger partial charge in [-0.2, -0.15) is 0 Å². The fourth-order valence-corrected chi connectivity index (χ4v) is 5.74. The van der Waals surface area contributed by atoms with E-state index in [1.807, 2.05) is 11.0 Å². The topological polar surface area (TPSA) is 139 Å². The Hall–Kier alpha value is -3.74. The molecule has 3 aromatic heterocycles. The number of nitrogens with zero attached hydrogens (tertiary/aromatic N) is 4. The van der Waals surface area contributed by atoms with Crippen molar-refractivity contribution in [3.63, 3.8) is 0 Å². The Kier molecular flexibility index (Phi) is 8.04. The second-order valence-corrected chi connectivity index (χ2v) is 10.8. The molecule has 3 aliphatic rings. The minimum atomic E-state index is -0.574. The van der Waals surface area contributed by atoms with E-state index in [1.165, 1.54) is 6.20 Å². The van der Waals surface area contributed by atoms with Crippen LogP contribution in [0.4, 0.5) is 17.3 Å². The fraction of sp³-hybridized carbons (Fsp3) is 0.464. The molecule has 1 aliphatic carbocycles. The summed E-state index contributed by atoms with van der Waals surface area (Å²) in [6.45, 7) is 3.79. The molecule has 0 unspecified atom stereocenters. The maximum Gasteiger partial charge on any atom is 0.294 e. The number of amides is 3. The number of pyridine rings is 2. The molecule has 3 aromatic rings. The predicted molar refractivity (Wildman–Crippen MR) is 151 cm³/mol. The van der Waals surface area contributed by atoms with Crippen molar-refractivity contribution in [3.05, 3.63) is 41.2 Å². The molecule has 3 amide bonds. The van der Waals surface area contributed by atoms with Crippen LogP contribution < -0.4 is 15.5 Å². The molecule has 6 rings (SSSR count). The van der Waals surface area contributed by atoms with Crippen molar-refractivity contribution in [1.82, 2.24) is 14.9 Å². The van der Waals surface area contributed by atoms with Crippen LogP contribution in [-0.2, 0) is 19.1 Å². The van der Waals surface area contributed by atoms with Crippen molar-refractivity contribution in [3.8, 4) is 0 Å². The molecular weight excluding hydrogens is 552 g/mol. The summed E-state index contributed by atoms with van der Waals surface area (Å²) >= 11 is 5.93. The van der Waals surface area contributed by atoms with E-state index in [-0.39, 0.29) is 47.6 Å². The second kappa shape index (κ2) is 12.0. The summed E-state index contributed by atoms with van der Waals surface area (Å²) in [5, 5.41) is 6.12. The molecule has 2 N–H and O–H groups in total. The van der Waals surface area contributed by atoms with Crippen molar-refractivity contribution in [2.24, 2.45) is 5.92 Å². The Balaban J connectivity index is 1.24. The van der Waals surface area contributed by atoms with Gasteiger partial charge in [0.05, 0.1) is 24.8 Å². The lowest BCUT2D eigenvalue weighted by Gasteiger charge is -2.38. The van der Waals surface area contributed by atoms with E-state index in [9.17, 15) is 14.4 Å². The molecule has 13 heteroatoms. The summed E-state index contributed by atoms with van der Waals surface area (Å²) in [5.41, 5.74) is 0.988. The Bertz CT molecular complexity index is 1430. The Morgan fingerprint density at radius 1 is 0.951 bits per heavy atom. The van der Waals surface area contributed by atoms with Crippen LogP contribution >= 0.6 is 11.6 Å². The van der Waals surface area contributed by atoms with Gasteiger partial charge in [-0.1, -0.05) is 11.6 Å². The molecule has 41 heavy (non-hydrogen) atoms. The Morgan fingerprint density at radius 2 is 1.73 bits per heavy atom. The van der Waals surface area contributed by atoms with Crippen molar-refractivity contribution in [2.45, 2.75) is 31.7 Å². The number of hydrogen-bond acceptors (Lipinski definition) is 9. The van der Waals surface area contributed by atoms with Crippen LogP contribution in [0.1, 0.15) is 36.2 Å². The molecule has 5 heterocycles. The van der Waals surface area contributed by atoms with Gasteiger partial charge in [-0.3, -0.25) is 14.4 Å². The average molecular weight is 583 g/mol. The number of anilines is 3. The fourth-order valence-electron chi connectivity index (χ4n) is 5.62. The summed E-state index contributed by atoms with van der Waals surface area (Å²) < 4.78 is 16.7. The number of nitrogens with one attached hydrogen (secondary N) is 2. The number of halogens is 1. The normalized spacial score (nSPS) is 21.6. The quantitative estimate of drug-likeness (QED) is 0.448. The monoisotopic (exact) mass is 582 g/mol. The van der Waals surface area contributed by atoms with Crippen molar-refractivity contribution >= 4 is 57.7 Å². The zero-order valence-electron chi connectivity index (χ0n) is 22.4. The van der Waals surface area contributed by atoms with Crippen molar-refractivity contribution in [1.29, 1.82) is 0 Å². The lowest BCUT2D eigenvalue weighted by Crippen LogP contribution is -2.49. The zero-order chi connectivity index (χ0) is 28.3. The first kappa shape index (κ1) is 27.4. The molecule has 0 spiro atoms. The number of ether oxygens (including phenoxy) is 2.